The van der Waals surface area contributed by atoms with Crippen molar-refractivity contribution in [2.24, 2.45) is 0 Å². The standard InChI is InChI=1S/C4H5F5O3S/c1-10-11-12-13-4(8,9)3(6,7)2-5/h2H2,1H3. The molecule has 0 amide bonds. The van der Waals surface area contributed by atoms with Gasteiger partial charge in [0.25, 0.3) is 0 Å². The number of rotatable bonds is 6. The van der Waals surface area contributed by atoms with Crippen LogP contribution in [0.4, 0.5) is 22.0 Å². The third-order valence-electron chi connectivity index (χ3n) is 0.828. The summed E-state index contributed by atoms with van der Waals surface area (Å²) in [6.45, 7) is -2.50. The van der Waals surface area contributed by atoms with E-state index in [2.05, 4.69) is 14.3 Å². The molecule has 0 atom stereocenters. The van der Waals surface area contributed by atoms with Crippen LogP contribution < -0.4 is 0 Å². The lowest BCUT2D eigenvalue weighted by Gasteiger charge is -2.20. The molecule has 0 aromatic heterocycles. The summed E-state index contributed by atoms with van der Waals surface area (Å²) in [5, 5.41) is -1.29. The van der Waals surface area contributed by atoms with E-state index in [1.54, 1.807) is 0 Å². The third kappa shape index (κ3) is 3.63. The molecule has 0 aliphatic carbocycles. The van der Waals surface area contributed by atoms with Crippen LogP contribution in [-0.2, 0) is 14.3 Å². The first kappa shape index (κ1) is 12.9. The van der Waals surface area contributed by atoms with E-state index in [1.807, 2.05) is 0 Å². The molecule has 0 aliphatic rings. The van der Waals surface area contributed by atoms with Gasteiger partial charge in [-0.1, -0.05) is 5.04 Å². The Morgan fingerprint density at radius 3 is 2.15 bits per heavy atom. The summed E-state index contributed by atoms with van der Waals surface area (Å²) in [5.41, 5.74) is 0. The Kier molecular flexibility index (Phi) is 4.89. The second kappa shape index (κ2) is 4.94. The molecular formula is C4H5F5O3S. The maximum absolute atomic E-state index is 12.2. The van der Waals surface area contributed by atoms with Crippen molar-refractivity contribution in [2.75, 3.05) is 13.8 Å². The van der Waals surface area contributed by atoms with Crippen LogP contribution in [0.5, 0.6) is 0 Å². The second-order valence-corrected chi connectivity index (χ2v) is 2.56. The van der Waals surface area contributed by atoms with Crippen LogP contribution in [-0.4, -0.2) is 25.0 Å². The Morgan fingerprint density at radius 1 is 1.23 bits per heavy atom. The molecule has 0 radical (unpaired) electrons. The summed E-state index contributed by atoms with van der Waals surface area (Å²) in [7, 11) is 0.909. The summed E-state index contributed by atoms with van der Waals surface area (Å²) in [6.07, 6.45) is 0. The van der Waals surface area contributed by atoms with Crippen molar-refractivity contribution < 1.29 is 36.2 Å². The van der Waals surface area contributed by atoms with E-state index < -0.39 is 29.9 Å². The Morgan fingerprint density at radius 2 is 1.77 bits per heavy atom. The van der Waals surface area contributed by atoms with Gasteiger partial charge in [0.05, 0.1) is 7.11 Å². The third-order valence-corrected chi connectivity index (χ3v) is 1.46. The lowest BCUT2D eigenvalue weighted by atomic mass is 10.4. The monoisotopic (exact) mass is 228 g/mol. The summed E-state index contributed by atoms with van der Waals surface area (Å²) < 4.78 is 63.4. The Hall–Kier alpha value is -0.120. The molecule has 3 nitrogen and oxygen atoms in total. The highest BCUT2D eigenvalue weighted by molar-refractivity contribution is 7.95. The average Bonchev–Trinajstić information content (AvgIpc) is 2.04. The van der Waals surface area contributed by atoms with E-state index in [9.17, 15) is 22.0 Å². The van der Waals surface area contributed by atoms with Crippen LogP contribution in [0.15, 0.2) is 0 Å². The molecule has 0 aromatic rings. The molecule has 0 spiro atoms. The van der Waals surface area contributed by atoms with E-state index in [0.717, 1.165) is 7.11 Å². The Labute approximate surface area is 74.2 Å². The lowest BCUT2D eigenvalue weighted by molar-refractivity contribution is -0.449. The van der Waals surface area contributed by atoms with Crippen molar-refractivity contribution in [1.29, 1.82) is 0 Å². The van der Waals surface area contributed by atoms with Crippen LogP contribution in [0.3, 0.4) is 0 Å². The van der Waals surface area contributed by atoms with Gasteiger partial charge in [-0.25, -0.2) is 9.28 Å². The van der Waals surface area contributed by atoms with E-state index in [1.165, 1.54) is 0 Å². The zero-order chi connectivity index (χ0) is 10.5. The van der Waals surface area contributed by atoms with E-state index in [0.29, 0.717) is 0 Å². The summed E-state index contributed by atoms with van der Waals surface area (Å²) in [6, 6.07) is 0. The Bertz CT molecular complexity index is 155. The molecule has 0 aromatic carbocycles. The van der Waals surface area contributed by atoms with Gasteiger partial charge >= 0.3 is 11.2 Å². The van der Waals surface area contributed by atoms with Gasteiger partial charge in [-0.05, 0) is 0 Å². The van der Waals surface area contributed by atoms with Gasteiger partial charge < -0.3 is 0 Å². The van der Waals surface area contributed by atoms with Gasteiger partial charge in [-0.2, -0.15) is 17.6 Å². The molecule has 0 aliphatic heterocycles. The predicted octanol–water partition coefficient (Wildman–Crippen LogP) is 2.34. The highest BCUT2D eigenvalue weighted by Crippen LogP contribution is 2.43. The molecule has 0 unspecified atom stereocenters. The van der Waals surface area contributed by atoms with E-state index in [-0.39, 0.29) is 0 Å². The van der Waals surface area contributed by atoms with Crippen molar-refractivity contribution >= 4 is 12.0 Å². The maximum Gasteiger partial charge on any atom is 0.385 e. The van der Waals surface area contributed by atoms with Crippen LogP contribution >= 0.6 is 12.0 Å². The smallest absolute Gasteiger partial charge is 0.244 e. The molecular weight excluding hydrogens is 223 g/mol. The minimum absolute atomic E-state index is 0.909. The van der Waals surface area contributed by atoms with Crippen LogP contribution in [0.1, 0.15) is 0 Å². The molecule has 0 heterocycles. The molecule has 0 N–H and O–H groups in total. The number of hydrogen-bond acceptors (Lipinski definition) is 4. The quantitative estimate of drug-likeness (QED) is 0.229. The normalized spacial score (nSPS) is 13.4. The molecule has 0 fully saturated rings. The summed E-state index contributed by atoms with van der Waals surface area (Å²) >= 11 is -1.04. The predicted molar refractivity (Wildman–Crippen MR) is 32.6 cm³/mol. The van der Waals surface area contributed by atoms with Gasteiger partial charge in [-0.15, -0.1) is 4.33 Å². The van der Waals surface area contributed by atoms with Gasteiger partial charge in [0.2, 0.25) is 0 Å². The first-order valence-corrected chi connectivity index (χ1v) is 3.48. The van der Waals surface area contributed by atoms with Gasteiger partial charge in [-0.3, -0.25) is 0 Å². The van der Waals surface area contributed by atoms with Crippen molar-refractivity contribution in [3.05, 3.63) is 0 Å². The van der Waals surface area contributed by atoms with Crippen LogP contribution in [0.2, 0.25) is 0 Å². The zero-order valence-electron chi connectivity index (χ0n) is 6.23. The van der Waals surface area contributed by atoms with Crippen molar-refractivity contribution in [3.63, 3.8) is 0 Å². The number of hydrogen-bond donors (Lipinski definition) is 0. The number of alkyl halides is 5. The van der Waals surface area contributed by atoms with Gasteiger partial charge in [0.15, 0.2) is 6.67 Å². The molecule has 0 saturated heterocycles. The summed E-state index contributed by atoms with van der Waals surface area (Å²) in [5.74, 6) is -4.81. The first-order valence-electron chi connectivity index (χ1n) is 2.74. The average molecular weight is 228 g/mol. The minimum atomic E-state index is -4.81. The molecule has 0 bridgehead atoms. The molecule has 13 heavy (non-hydrogen) atoms. The maximum atomic E-state index is 12.2. The van der Waals surface area contributed by atoms with E-state index >= 15 is 0 Å². The first-order chi connectivity index (χ1) is 5.87. The fraction of sp³-hybridized carbons (Fsp3) is 1.00. The fourth-order valence-electron chi connectivity index (χ4n) is 0.223. The lowest BCUT2D eigenvalue weighted by Crippen LogP contribution is -2.39. The molecule has 9 heteroatoms. The fourth-order valence-corrected chi connectivity index (χ4v) is 0.568. The van der Waals surface area contributed by atoms with Gasteiger partial charge in [0, 0.05) is 0 Å². The number of halogens is 5. The highest BCUT2D eigenvalue weighted by atomic mass is 32.2. The summed E-state index contributed by atoms with van der Waals surface area (Å²) in [4.78, 5) is 3.67. The topological polar surface area (TPSA) is 27.7 Å². The molecule has 80 valence electrons. The van der Waals surface area contributed by atoms with Crippen LogP contribution in [0.25, 0.3) is 0 Å². The van der Waals surface area contributed by atoms with Crippen LogP contribution in [0, 0.1) is 0 Å². The highest BCUT2D eigenvalue weighted by Gasteiger charge is 2.58. The second-order valence-electron chi connectivity index (χ2n) is 1.74. The zero-order valence-corrected chi connectivity index (χ0v) is 7.05. The van der Waals surface area contributed by atoms with Crippen molar-refractivity contribution in [1.82, 2.24) is 0 Å². The molecule has 0 saturated carbocycles. The minimum Gasteiger partial charge on any atom is -0.244 e. The van der Waals surface area contributed by atoms with Gasteiger partial charge in [0.1, 0.15) is 12.0 Å². The van der Waals surface area contributed by atoms with Crippen molar-refractivity contribution in [2.45, 2.75) is 11.2 Å². The van der Waals surface area contributed by atoms with Crippen molar-refractivity contribution in [3.8, 4) is 0 Å². The SMILES string of the molecule is COOOSC(F)(F)C(F)(F)CF. The Balaban J connectivity index is 4.06. The largest absolute Gasteiger partial charge is 0.385 e. The van der Waals surface area contributed by atoms with E-state index in [4.69, 9.17) is 0 Å². The molecule has 0 rings (SSSR count).